The molecule has 1 aromatic heterocycles. The first-order chi connectivity index (χ1) is 11.2. The molecule has 1 atom stereocenters. The lowest BCUT2D eigenvalue weighted by Crippen LogP contribution is -2.55. The Labute approximate surface area is 139 Å². The predicted octanol–water partition coefficient (Wildman–Crippen LogP) is 0.931. The lowest BCUT2D eigenvalue weighted by molar-refractivity contribution is -0.142. The number of piperazine rings is 1. The van der Waals surface area contributed by atoms with Gasteiger partial charge in [-0.15, -0.1) is 5.10 Å². The summed E-state index contributed by atoms with van der Waals surface area (Å²) in [6, 6.07) is 7.19. The molecule has 23 heavy (non-hydrogen) atoms. The molecule has 1 saturated heterocycles. The van der Waals surface area contributed by atoms with Crippen molar-refractivity contribution in [3.8, 4) is 0 Å². The maximum absolute atomic E-state index is 11.9. The molecule has 0 spiro atoms. The van der Waals surface area contributed by atoms with Crippen LogP contribution in [0.25, 0.3) is 0 Å². The quantitative estimate of drug-likeness (QED) is 0.838. The van der Waals surface area contributed by atoms with Crippen LogP contribution in [0.1, 0.15) is 5.56 Å². The van der Waals surface area contributed by atoms with E-state index in [1.54, 1.807) is 11.0 Å². The van der Waals surface area contributed by atoms with Crippen LogP contribution < -0.4 is 10.2 Å². The van der Waals surface area contributed by atoms with Crippen molar-refractivity contribution in [3.05, 3.63) is 41.2 Å². The molecule has 2 heterocycles. The summed E-state index contributed by atoms with van der Waals surface area (Å²) in [6.45, 7) is 2.56. The van der Waals surface area contributed by atoms with Gasteiger partial charge < -0.3 is 15.0 Å². The second kappa shape index (κ2) is 6.97. The minimum atomic E-state index is -0.403. The smallest absolute Gasteiger partial charge is 0.329 e. The second-order valence-corrected chi connectivity index (χ2v) is 5.74. The Morgan fingerprint density at radius 3 is 2.96 bits per heavy atom. The van der Waals surface area contributed by atoms with E-state index in [1.165, 1.54) is 7.11 Å². The Kier molecular flexibility index (Phi) is 4.78. The van der Waals surface area contributed by atoms with Crippen LogP contribution in [0.4, 0.5) is 5.95 Å². The number of hydrogen-bond donors (Lipinski definition) is 1. The van der Waals surface area contributed by atoms with Crippen LogP contribution in [0.3, 0.4) is 0 Å². The highest BCUT2D eigenvalue weighted by Crippen LogP contribution is 2.15. The second-order valence-electron chi connectivity index (χ2n) is 5.31. The van der Waals surface area contributed by atoms with Crippen LogP contribution in [0.15, 0.2) is 30.6 Å². The van der Waals surface area contributed by atoms with Crippen molar-refractivity contribution in [1.29, 1.82) is 0 Å². The molecule has 0 saturated carbocycles. The van der Waals surface area contributed by atoms with Crippen molar-refractivity contribution in [2.24, 2.45) is 0 Å². The van der Waals surface area contributed by atoms with Gasteiger partial charge in [0.15, 0.2) is 0 Å². The summed E-state index contributed by atoms with van der Waals surface area (Å²) in [5.41, 5.74) is 1.08. The zero-order valence-electron chi connectivity index (χ0n) is 12.8. The Morgan fingerprint density at radius 1 is 1.43 bits per heavy atom. The van der Waals surface area contributed by atoms with E-state index < -0.39 is 6.04 Å². The molecule has 0 aliphatic carbocycles. The first kappa shape index (κ1) is 15.8. The number of carbonyl (C=O) groups excluding carboxylic acids is 1. The lowest BCUT2D eigenvalue weighted by atomic mass is 10.2. The number of aromatic nitrogens is 3. The van der Waals surface area contributed by atoms with Crippen LogP contribution in [-0.2, 0) is 16.1 Å². The fraction of sp³-hybridized carbons (Fsp3) is 0.400. The molecule has 0 radical (unpaired) electrons. The van der Waals surface area contributed by atoms with Gasteiger partial charge in [-0.1, -0.05) is 23.7 Å². The highest BCUT2D eigenvalue weighted by Gasteiger charge is 2.31. The number of nitrogens with one attached hydrogen (secondary N) is 1. The van der Waals surface area contributed by atoms with Gasteiger partial charge in [-0.2, -0.15) is 0 Å². The van der Waals surface area contributed by atoms with E-state index in [1.807, 2.05) is 29.2 Å². The van der Waals surface area contributed by atoms with Crippen LogP contribution in [0, 0.1) is 0 Å². The summed E-state index contributed by atoms with van der Waals surface area (Å²) in [6.07, 6.45) is 1.67. The standard InChI is InChI=1S/C15H18ClN5O2/c1-23-14(22)13-8-17-6-7-21(13)15-18-10-20(19-15)9-11-2-4-12(16)5-3-11/h2-5,10,13,17H,6-9H2,1H3. The molecule has 1 aliphatic rings. The van der Waals surface area contributed by atoms with Crippen LogP contribution >= 0.6 is 11.6 Å². The topological polar surface area (TPSA) is 72.3 Å². The van der Waals surface area contributed by atoms with E-state index in [2.05, 4.69) is 15.4 Å². The van der Waals surface area contributed by atoms with Gasteiger partial charge in [0, 0.05) is 24.7 Å². The number of ether oxygens (including phenoxy) is 1. The maximum Gasteiger partial charge on any atom is 0.329 e. The number of anilines is 1. The summed E-state index contributed by atoms with van der Waals surface area (Å²) in [5.74, 6) is 0.252. The van der Waals surface area contributed by atoms with Gasteiger partial charge in [-0.25, -0.2) is 14.5 Å². The normalized spacial score (nSPS) is 18.0. The minimum absolute atomic E-state index is 0.286. The largest absolute Gasteiger partial charge is 0.467 e. The van der Waals surface area contributed by atoms with Gasteiger partial charge in [0.05, 0.1) is 13.7 Å². The average molecular weight is 336 g/mol. The zero-order valence-corrected chi connectivity index (χ0v) is 13.5. The molecule has 8 heteroatoms. The number of halogens is 1. The van der Waals surface area contributed by atoms with E-state index in [4.69, 9.17) is 16.3 Å². The number of methoxy groups -OCH3 is 1. The molecule has 1 aliphatic heterocycles. The maximum atomic E-state index is 11.9. The Morgan fingerprint density at radius 2 is 2.22 bits per heavy atom. The van der Waals surface area contributed by atoms with Gasteiger partial charge in [0.25, 0.3) is 0 Å². The van der Waals surface area contributed by atoms with Crippen LogP contribution in [-0.4, -0.2) is 53.5 Å². The molecule has 2 aromatic rings. The zero-order chi connectivity index (χ0) is 16.2. The predicted molar refractivity (Wildman–Crippen MR) is 86.6 cm³/mol. The number of benzene rings is 1. The molecular formula is C15H18ClN5O2. The van der Waals surface area contributed by atoms with Gasteiger partial charge in [-0.3, -0.25) is 0 Å². The van der Waals surface area contributed by atoms with Crippen molar-refractivity contribution >= 4 is 23.5 Å². The molecule has 3 rings (SSSR count). The number of esters is 1. The Hall–Kier alpha value is -2.12. The van der Waals surface area contributed by atoms with Gasteiger partial charge in [0.2, 0.25) is 5.95 Å². The SMILES string of the molecule is COC(=O)C1CNCCN1c1ncn(Cc2ccc(Cl)cc2)n1. The fourth-order valence-electron chi connectivity index (χ4n) is 2.56. The van der Waals surface area contributed by atoms with Gasteiger partial charge >= 0.3 is 5.97 Å². The Bertz CT molecular complexity index is 673. The molecular weight excluding hydrogens is 318 g/mol. The number of nitrogens with zero attached hydrogens (tertiary/aromatic N) is 4. The van der Waals surface area contributed by atoms with E-state index in [0.29, 0.717) is 30.6 Å². The van der Waals surface area contributed by atoms with E-state index in [-0.39, 0.29) is 5.97 Å². The van der Waals surface area contributed by atoms with Crippen molar-refractivity contribution in [3.63, 3.8) is 0 Å². The summed E-state index contributed by atoms with van der Waals surface area (Å²) >= 11 is 5.89. The summed E-state index contributed by atoms with van der Waals surface area (Å²) in [7, 11) is 1.39. The number of rotatable bonds is 4. The van der Waals surface area contributed by atoms with Crippen molar-refractivity contribution in [2.45, 2.75) is 12.6 Å². The third kappa shape index (κ3) is 3.62. The van der Waals surface area contributed by atoms with E-state index in [9.17, 15) is 4.79 Å². The molecule has 0 amide bonds. The highest BCUT2D eigenvalue weighted by molar-refractivity contribution is 6.30. The van der Waals surface area contributed by atoms with Gasteiger partial charge in [-0.05, 0) is 17.7 Å². The van der Waals surface area contributed by atoms with E-state index in [0.717, 1.165) is 12.1 Å². The molecule has 1 N–H and O–H groups in total. The lowest BCUT2D eigenvalue weighted by Gasteiger charge is -2.33. The highest BCUT2D eigenvalue weighted by atomic mass is 35.5. The molecule has 1 unspecified atom stereocenters. The first-order valence-electron chi connectivity index (χ1n) is 7.36. The minimum Gasteiger partial charge on any atom is -0.467 e. The molecule has 0 bridgehead atoms. The van der Waals surface area contributed by atoms with Gasteiger partial charge in [0.1, 0.15) is 12.4 Å². The van der Waals surface area contributed by atoms with Crippen molar-refractivity contribution in [1.82, 2.24) is 20.1 Å². The van der Waals surface area contributed by atoms with Crippen LogP contribution in [0.5, 0.6) is 0 Å². The third-order valence-electron chi connectivity index (χ3n) is 3.76. The number of hydrogen-bond acceptors (Lipinski definition) is 6. The molecule has 1 fully saturated rings. The van der Waals surface area contributed by atoms with E-state index >= 15 is 0 Å². The van der Waals surface area contributed by atoms with Crippen LogP contribution in [0.2, 0.25) is 5.02 Å². The first-order valence-corrected chi connectivity index (χ1v) is 7.74. The monoisotopic (exact) mass is 335 g/mol. The average Bonchev–Trinajstić information content (AvgIpc) is 3.04. The molecule has 7 nitrogen and oxygen atoms in total. The third-order valence-corrected chi connectivity index (χ3v) is 4.01. The molecule has 122 valence electrons. The molecule has 1 aromatic carbocycles. The summed E-state index contributed by atoms with van der Waals surface area (Å²) in [4.78, 5) is 18.1. The van der Waals surface area contributed by atoms with Crippen molar-refractivity contribution in [2.75, 3.05) is 31.6 Å². The fourth-order valence-corrected chi connectivity index (χ4v) is 2.69. The Balaban J connectivity index is 1.74. The summed E-state index contributed by atoms with van der Waals surface area (Å²) < 4.78 is 6.60. The summed E-state index contributed by atoms with van der Waals surface area (Å²) in [5, 5.41) is 8.37. The number of carbonyl (C=O) groups is 1. The van der Waals surface area contributed by atoms with Crippen molar-refractivity contribution < 1.29 is 9.53 Å².